The maximum atomic E-state index is 12.1. The fourth-order valence-corrected chi connectivity index (χ4v) is 3.09. The van der Waals surface area contributed by atoms with Gasteiger partial charge >= 0.3 is 0 Å². The van der Waals surface area contributed by atoms with Crippen molar-refractivity contribution < 1.29 is 9.72 Å². The number of nitrogens with zero attached hydrogens (tertiary/aromatic N) is 1. The molecule has 1 aliphatic rings. The van der Waals surface area contributed by atoms with Crippen LogP contribution in [-0.4, -0.2) is 22.8 Å². The van der Waals surface area contributed by atoms with Crippen LogP contribution >= 0.6 is 11.6 Å². The van der Waals surface area contributed by atoms with E-state index in [0.29, 0.717) is 17.7 Å². The average molecular weight is 311 g/mol. The molecule has 1 aromatic rings. The molecule has 1 amide bonds. The third-order valence-corrected chi connectivity index (χ3v) is 4.45. The molecule has 1 fully saturated rings. The van der Waals surface area contributed by atoms with Crippen LogP contribution in [-0.2, 0) is 0 Å². The van der Waals surface area contributed by atoms with Crippen molar-refractivity contribution >= 4 is 23.2 Å². The summed E-state index contributed by atoms with van der Waals surface area (Å²) in [6.45, 7) is 2.26. The molecule has 1 saturated carbocycles. The number of carbonyl (C=O) groups excluding carboxylic acids is 1. The summed E-state index contributed by atoms with van der Waals surface area (Å²) < 4.78 is 0. The summed E-state index contributed by atoms with van der Waals surface area (Å²) in [5.41, 5.74) is 0.957. The molecule has 0 aromatic heterocycles. The van der Waals surface area contributed by atoms with Gasteiger partial charge in [0.25, 0.3) is 11.6 Å². The van der Waals surface area contributed by atoms with Crippen LogP contribution in [0.4, 0.5) is 5.69 Å². The van der Waals surface area contributed by atoms with Crippen LogP contribution in [0.3, 0.4) is 0 Å². The van der Waals surface area contributed by atoms with Crippen LogP contribution in [0.25, 0.3) is 0 Å². The lowest BCUT2D eigenvalue weighted by molar-refractivity contribution is -0.384. The quantitative estimate of drug-likeness (QED) is 0.526. The van der Waals surface area contributed by atoms with Gasteiger partial charge in [-0.1, -0.05) is 12.8 Å². The van der Waals surface area contributed by atoms with Crippen molar-refractivity contribution in [3.63, 3.8) is 0 Å². The van der Waals surface area contributed by atoms with Gasteiger partial charge in [-0.15, -0.1) is 11.6 Å². The molecule has 0 heterocycles. The summed E-state index contributed by atoms with van der Waals surface area (Å²) in [6.07, 6.45) is 4.28. The van der Waals surface area contributed by atoms with Crippen molar-refractivity contribution in [3.8, 4) is 0 Å². The van der Waals surface area contributed by atoms with Crippen molar-refractivity contribution in [2.45, 2.75) is 38.0 Å². The van der Waals surface area contributed by atoms with E-state index in [0.717, 1.165) is 25.7 Å². The Kier molecular flexibility index (Phi) is 5.17. The van der Waals surface area contributed by atoms with Crippen LogP contribution in [0.2, 0.25) is 0 Å². The van der Waals surface area contributed by atoms with Crippen molar-refractivity contribution in [2.24, 2.45) is 5.92 Å². The number of nitro benzene ring substituents is 1. The number of halogens is 1. The molecule has 0 bridgehead atoms. The maximum absolute atomic E-state index is 12.1. The Balaban J connectivity index is 2.01. The van der Waals surface area contributed by atoms with Gasteiger partial charge < -0.3 is 5.32 Å². The number of alkyl halides is 1. The smallest absolute Gasteiger partial charge is 0.270 e. The molecule has 0 aliphatic heterocycles. The van der Waals surface area contributed by atoms with Crippen molar-refractivity contribution in [1.82, 2.24) is 5.32 Å². The second-order valence-electron chi connectivity index (χ2n) is 5.58. The van der Waals surface area contributed by atoms with Gasteiger partial charge in [-0.2, -0.15) is 0 Å². The zero-order chi connectivity index (χ0) is 15.4. The van der Waals surface area contributed by atoms with Crippen LogP contribution in [0.5, 0.6) is 0 Å². The van der Waals surface area contributed by atoms with Gasteiger partial charge in [-0.3, -0.25) is 14.9 Å². The third kappa shape index (κ3) is 4.17. The van der Waals surface area contributed by atoms with Crippen molar-refractivity contribution in [2.75, 3.05) is 6.54 Å². The third-order valence-electron chi connectivity index (χ3n) is 3.88. The zero-order valence-corrected chi connectivity index (χ0v) is 12.7. The van der Waals surface area contributed by atoms with E-state index >= 15 is 0 Å². The monoisotopic (exact) mass is 310 g/mol. The zero-order valence-electron chi connectivity index (χ0n) is 12.0. The highest BCUT2D eigenvalue weighted by molar-refractivity contribution is 6.20. The molecule has 0 radical (unpaired) electrons. The van der Waals surface area contributed by atoms with E-state index in [1.54, 1.807) is 13.0 Å². The average Bonchev–Trinajstić information content (AvgIpc) is 2.45. The lowest BCUT2D eigenvalue weighted by Gasteiger charge is -2.27. The number of carbonyl (C=O) groups is 1. The molecule has 5 nitrogen and oxygen atoms in total. The van der Waals surface area contributed by atoms with Gasteiger partial charge in [0.05, 0.1) is 4.92 Å². The van der Waals surface area contributed by atoms with Gasteiger partial charge in [-0.25, -0.2) is 0 Å². The number of nitro groups is 1. The first-order valence-corrected chi connectivity index (χ1v) is 7.59. The number of amides is 1. The lowest BCUT2D eigenvalue weighted by Crippen LogP contribution is -2.34. The molecule has 1 aliphatic carbocycles. The van der Waals surface area contributed by atoms with Gasteiger partial charge in [0.2, 0.25) is 0 Å². The number of benzene rings is 1. The van der Waals surface area contributed by atoms with Crippen molar-refractivity contribution in [3.05, 3.63) is 39.4 Å². The molecule has 0 saturated heterocycles. The maximum Gasteiger partial charge on any atom is 0.270 e. The van der Waals surface area contributed by atoms with E-state index in [2.05, 4.69) is 5.32 Å². The van der Waals surface area contributed by atoms with E-state index in [9.17, 15) is 14.9 Å². The number of hydrogen-bond donors (Lipinski definition) is 1. The molecule has 0 spiro atoms. The number of rotatable bonds is 4. The number of non-ortho nitro benzene ring substituents is 1. The number of aryl methyl sites for hydroxylation is 1. The van der Waals surface area contributed by atoms with E-state index in [1.807, 2.05) is 0 Å². The Morgan fingerprint density at radius 3 is 2.76 bits per heavy atom. The minimum absolute atomic E-state index is 0.0620. The number of hydrogen-bond acceptors (Lipinski definition) is 3. The van der Waals surface area contributed by atoms with E-state index < -0.39 is 4.92 Å². The predicted octanol–water partition coefficient (Wildman–Crippen LogP) is 3.43. The summed E-state index contributed by atoms with van der Waals surface area (Å²) in [6, 6.07) is 4.41. The van der Waals surface area contributed by atoms with Crippen LogP contribution in [0.15, 0.2) is 18.2 Å². The topological polar surface area (TPSA) is 72.2 Å². The first-order valence-electron chi connectivity index (χ1n) is 7.15. The molecule has 114 valence electrons. The molecule has 1 aromatic carbocycles. The van der Waals surface area contributed by atoms with Gasteiger partial charge in [0.1, 0.15) is 0 Å². The SMILES string of the molecule is Cc1cc(C(=O)NCC2CCCCC2Cl)cc([N+](=O)[O-])c1. The van der Waals surface area contributed by atoms with Gasteiger partial charge in [0, 0.05) is 29.6 Å². The van der Waals surface area contributed by atoms with E-state index in [-0.39, 0.29) is 22.9 Å². The Morgan fingerprint density at radius 1 is 1.38 bits per heavy atom. The Morgan fingerprint density at radius 2 is 2.10 bits per heavy atom. The van der Waals surface area contributed by atoms with E-state index in [4.69, 9.17) is 11.6 Å². The van der Waals surface area contributed by atoms with Crippen molar-refractivity contribution in [1.29, 1.82) is 0 Å². The molecule has 2 atom stereocenters. The second-order valence-corrected chi connectivity index (χ2v) is 6.15. The molecule has 1 N–H and O–H groups in total. The Bertz CT molecular complexity index is 548. The Labute approximate surface area is 128 Å². The van der Waals surface area contributed by atoms with Gasteiger partial charge in [0.15, 0.2) is 0 Å². The molecule has 2 unspecified atom stereocenters. The lowest BCUT2D eigenvalue weighted by atomic mass is 9.88. The highest BCUT2D eigenvalue weighted by Gasteiger charge is 2.23. The summed E-state index contributed by atoms with van der Waals surface area (Å²) in [5.74, 6) is 0.000372. The first kappa shape index (κ1) is 15.8. The first-order chi connectivity index (χ1) is 9.97. The highest BCUT2D eigenvalue weighted by atomic mass is 35.5. The highest BCUT2D eigenvalue weighted by Crippen LogP contribution is 2.28. The summed E-state index contributed by atoms with van der Waals surface area (Å²) in [5, 5.41) is 13.8. The second kappa shape index (κ2) is 6.89. The normalized spacial score (nSPS) is 21.8. The molecule has 6 heteroatoms. The molecule has 21 heavy (non-hydrogen) atoms. The standard InChI is InChI=1S/C15H19ClN2O3/c1-10-6-12(8-13(7-10)18(20)21)15(19)17-9-11-4-2-3-5-14(11)16/h6-8,11,14H,2-5,9H2,1H3,(H,17,19). The molecular weight excluding hydrogens is 292 g/mol. The minimum atomic E-state index is -0.486. The molecule has 2 rings (SSSR count). The van der Waals surface area contributed by atoms with Crippen LogP contribution in [0, 0.1) is 23.0 Å². The summed E-state index contributed by atoms with van der Waals surface area (Å²) >= 11 is 6.26. The summed E-state index contributed by atoms with van der Waals surface area (Å²) in [4.78, 5) is 22.5. The van der Waals surface area contributed by atoms with Crippen LogP contribution < -0.4 is 5.32 Å². The van der Waals surface area contributed by atoms with E-state index in [1.165, 1.54) is 12.1 Å². The number of nitrogens with one attached hydrogen (secondary N) is 1. The minimum Gasteiger partial charge on any atom is -0.352 e. The summed E-state index contributed by atoms with van der Waals surface area (Å²) in [7, 11) is 0. The molecular formula is C15H19ClN2O3. The largest absolute Gasteiger partial charge is 0.352 e. The van der Waals surface area contributed by atoms with Crippen LogP contribution in [0.1, 0.15) is 41.6 Å². The fourth-order valence-electron chi connectivity index (χ4n) is 2.72. The Hall–Kier alpha value is -1.62. The predicted molar refractivity (Wildman–Crippen MR) is 81.8 cm³/mol. The fraction of sp³-hybridized carbons (Fsp3) is 0.533. The van der Waals surface area contributed by atoms with Gasteiger partial charge in [-0.05, 0) is 37.3 Å².